The summed E-state index contributed by atoms with van der Waals surface area (Å²) >= 11 is 0. The number of nitrogens with zero attached hydrogens (tertiary/aromatic N) is 4. The monoisotopic (exact) mass is 278 g/mol. The molecule has 0 aliphatic carbocycles. The zero-order valence-corrected chi connectivity index (χ0v) is 12.6. The molecule has 1 saturated heterocycles. The zero-order chi connectivity index (χ0) is 14.4. The summed E-state index contributed by atoms with van der Waals surface area (Å²) in [5.41, 5.74) is 3.80. The smallest absolute Gasteiger partial charge is 0.148 e. The third kappa shape index (κ3) is 3.58. The molecule has 0 atom stereocenters. The quantitative estimate of drug-likeness (QED) is 0.578. The van der Waals surface area contributed by atoms with Crippen LogP contribution >= 0.6 is 0 Å². The van der Waals surface area contributed by atoms with Gasteiger partial charge in [-0.25, -0.2) is 15.8 Å². The largest absolute Gasteiger partial charge is 0.358 e. The predicted molar refractivity (Wildman–Crippen MR) is 82.8 cm³/mol. The molecule has 3 N–H and O–H groups in total. The van der Waals surface area contributed by atoms with Crippen LogP contribution in [0.3, 0.4) is 0 Å². The molecule has 0 saturated carbocycles. The maximum atomic E-state index is 5.56. The summed E-state index contributed by atoms with van der Waals surface area (Å²) in [5.74, 6) is 7.29. The van der Waals surface area contributed by atoms with Crippen LogP contribution in [-0.4, -0.2) is 48.1 Å². The van der Waals surface area contributed by atoms with Gasteiger partial charge in [0.25, 0.3) is 0 Å². The van der Waals surface area contributed by atoms with Gasteiger partial charge in [0, 0.05) is 25.7 Å². The summed E-state index contributed by atoms with van der Waals surface area (Å²) < 4.78 is 0. The zero-order valence-electron chi connectivity index (χ0n) is 12.6. The molecule has 0 spiro atoms. The molecule has 1 aromatic heterocycles. The van der Waals surface area contributed by atoms with Crippen LogP contribution in [0, 0.1) is 0 Å². The van der Waals surface area contributed by atoms with Crippen molar-refractivity contribution in [2.24, 2.45) is 5.84 Å². The Morgan fingerprint density at radius 2 is 2.10 bits per heavy atom. The normalized spacial score (nSPS) is 15.6. The lowest BCUT2D eigenvalue weighted by molar-refractivity contribution is 0.346. The van der Waals surface area contributed by atoms with Gasteiger partial charge in [-0.3, -0.25) is 0 Å². The molecule has 1 aromatic rings. The van der Waals surface area contributed by atoms with Gasteiger partial charge in [0.15, 0.2) is 0 Å². The molecule has 0 unspecified atom stereocenters. The molecule has 2 rings (SSSR count). The summed E-state index contributed by atoms with van der Waals surface area (Å²) in [4.78, 5) is 13.4. The molecule has 0 radical (unpaired) electrons. The van der Waals surface area contributed by atoms with Gasteiger partial charge in [0.2, 0.25) is 0 Å². The summed E-state index contributed by atoms with van der Waals surface area (Å²) in [6, 6.07) is 0. The SMILES string of the molecule is CCCc1c(NN)ncnc1N(C)CCN1CCCC1. The Bertz CT molecular complexity index is 416. The van der Waals surface area contributed by atoms with Crippen LogP contribution in [0.2, 0.25) is 0 Å². The highest BCUT2D eigenvalue weighted by atomic mass is 15.3. The van der Waals surface area contributed by atoms with Crippen molar-refractivity contribution in [3.8, 4) is 0 Å². The molecule has 0 amide bonds. The number of anilines is 2. The van der Waals surface area contributed by atoms with Crippen molar-refractivity contribution < 1.29 is 0 Å². The van der Waals surface area contributed by atoms with Crippen molar-refractivity contribution in [2.45, 2.75) is 32.6 Å². The molecule has 2 heterocycles. The minimum atomic E-state index is 0.741. The van der Waals surface area contributed by atoms with Crippen molar-refractivity contribution in [2.75, 3.05) is 43.6 Å². The second-order valence-corrected chi connectivity index (χ2v) is 5.39. The first-order chi connectivity index (χ1) is 9.76. The number of hydrazine groups is 1. The third-order valence-electron chi connectivity index (χ3n) is 3.87. The first-order valence-electron chi connectivity index (χ1n) is 7.50. The fourth-order valence-corrected chi connectivity index (χ4v) is 2.74. The Morgan fingerprint density at radius 1 is 1.35 bits per heavy atom. The van der Waals surface area contributed by atoms with E-state index >= 15 is 0 Å². The number of hydrogen-bond acceptors (Lipinski definition) is 6. The van der Waals surface area contributed by atoms with E-state index in [0.717, 1.165) is 43.1 Å². The van der Waals surface area contributed by atoms with Gasteiger partial charge in [-0.2, -0.15) is 0 Å². The van der Waals surface area contributed by atoms with Gasteiger partial charge < -0.3 is 15.2 Å². The molecule has 0 bridgehead atoms. The maximum absolute atomic E-state index is 5.56. The van der Waals surface area contributed by atoms with Gasteiger partial charge in [-0.15, -0.1) is 0 Å². The highest BCUT2D eigenvalue weighted by Crippen LogP contribution is 2.23. The van der Waals surface area contributed by atoms with Crippen molar-refractivity contribution >= 4 is 11.6 Å². The van der Waals surface area contributed by atoms with E-state index in [1.54, 1.807) is 6.33 Å². The standard InChI is InChI=1S/C14H26N6/c1-3-6-12-13(18-15)16-11-17-14(12)19(2)9-10-20-7-4-5-8-20/h11H,3-10,15H2,1-2H3,(H,16,17,18). The fourth-order valence-electron chi connectivity index (χ4n) is 2.74. The molecule has 1 fully saturated rings. The van der Waals surface area contributed by atoms with Gasteiger partial charge in [-0.05, 0) is 32.4 Å². The van der Waals surface area contributed by atoms with E-state index in [1.807, 2.05) is 0 Å². The summed E-state index contributed by atoms with van der Waals surface area (Å²) in [7, 11) is 2.10. The molecule has 1 aliphatic rings. The van der Waals surface area contributed by atoms with E-state index in [0.29, 0.717) is 0 Å². The van der Waals surface area contributed by atoms with E-state index in [4.69, 9.17) is 5.84 Å². The van der Waals surface area contributed by atoms with Crippen molar-refractivity contribution in [3.05, 3.63) is 11.9 Å². The van der Waals surface area contributed by atoms with E-state index in [-0.39, 0.29) is 0 Å². The molecule has 112 valence electrons. The molecular weight excluding hydrogens is 252 g/mol. The van der Waals surface area contributed by atoms with Gasteiger partial charge >= 0.3 is 0 Å². The van der Waals surface area contributed by atoms with Crippen molar-refractivity contribution in [1.29, 1.82) is 0 Å². The maximum Gasteiger partial charge on any atom is 0.148 e. The number of aromatic nitrogens is 2. The Labute approximate surface area is 121 Å². The van der Waals surface area contributed by atoms with Gasteiger partial charge in [-0.1, -0.05) is 13.3 Å². The van der Waals surface area contributed by atoms with Crippen LogP contribution < -0.4 is 16.2 Å². The van der Waals surface area contributed by atoms with E-state index in [2.05, 4.69) is 39.2 Å². The Balaban J connectivity index is 2.05. The number of nitrogens with two attached hydrogens (primary N) is 1. The molecule has 20 heavy (non-hydrogen) atoms. The summed E-state index contributed by atoms with van der Waals surface area (Å²) in [6.45, 7) is 6.70. The van der Waals surface area contributed by atoms with Crippen LogP contribution in [-0.2, 0) is 6.42 Å². The first-order valence-corrected chi connectivity index (χ1v) is 7.50. The lowest BCUT2D eigenvalue weighted by Gasteiger charge is -2.24. The van der Waals surface area contributed by atoms with E-state index in [9.17, 15) is 0 Å². The van der Waals surface area contributed by atoms with E-state index < -0.39 is 0 Å². The Hall–Kier alpha value is -1.40. The molecular formula is C14H26N6. The van der Waals surface area contributed by atoms with Crippen LogP contribution in [0.5, 0.6) is 0 Å². The van der Waals surface area contributed by atoms with Gasteiger partial charge in [0.05, 0.1) is 0 Å². The van der Waals surface area contributed by atoms with Crippen LogP contribution in [0.15, 0.2) is 6.33 Å². The van der Waals surface area contributed by atoms with Crippen LogP contribution in [0.1, 0.15) is 31.7 Å². The third-order valence-corrected chi connectivity index (χ3v) is 3.87. The number of hydrogen-bond donors (Lipinski definition) is 2. The topological polar surface area (TPSA) is 70.3 Å². The minimum absolute atomic E-state index is 0.741. The van der Waals surface area contributed by atoms with Crippen LogP contribution in [0.25, 0.3) is 0 Å². The Kier molecular flexibility index (Phi) is 5.55. The summed E-state index contributed by atoms with van der Waals surface area (Å²) in [5, 5.41) is 0. The molecule has 6 nitrogen and oxygen atoms in total. The average Bonchev–Trinajstić information content (AvgIpc) is 2.98. The van der Waals surface area contributed by atoms with E-state index in [1.165, 1.54) is 25.9 Å². The predicted octanol–water partition coefficient (Wildman–Crippen LogP) is 1.25. The lowest BCUT2D eigenvalue weighted by atomic mass is 10.1. The molecule has 0 aromatic carbocycles. The van der Waals surface area contributed by atoms with Crippen molar-refractivity contribution in [1.82, 2.24) is 14.9 Å². The summed E-state index contributed by atoms with van der Waals surface area (Å²) in [6.07, 6.45) is 6.23. The average molecular weight is 278 g/mol. The highest BCUT2D eigenvalue weighted by Gasteiger charge is 2.16. The lowest BCUT2D eigenvalue weighted by Crippen LogP contribution is -2.32. The number of nitrogen functional groups attached to an aromatic ring is 1. The first kappa shape index (κ1) is 15.0. The van der Waals surface area contributed by atoms with Gasteiger partial charge in [0.1, 0.15) is 18.0 Å². The second-order valence-electron chi connectivity index (χ2n) is 5.39. The number of likely N-dealkylation sites (tertiary alicyclic amines) is 1. The number of likely N-dealkylation sites (N-methyl/N-ethyl adjacent to an activating group) is 1. The van der Waals surface area contributed by atoms with Crippen LogP contribution in [0.4, 0.5) is 11.6 Å². The molecule has 6 heteroatoms. The van der Waals surface area contributed by atoms with Crippen molar-refractivity contribution in [3.63, 3.8) is 0 Å². The fraction of sp³-hybridized carbons (Fsp3) is 0.714. The second kappa shape index (κ2) is 7.40. The number of nitrogens with one attached hydrogen (secondary N) is 1. The molecule has 1 aliphatic heterocycles. The number of rotatable bonds is 7. The minimum Gasteiger partial charge on any atom is -0.358 e. The Morgan fingerprint density at radius 3 is 2.75 bits per heavy atom. The highest BCUT2D eigenvalue weighted by molar-refractivity contribution is 5.58.